The SMILES string of the molecule is Cc1ccc(OCC(=O)NN=Cc2ccncc2)c(Br)c1. The highest BCUT2D eigenvalue weighted by atomic mass is 79.9. The van der Waals surface area contributed by atoms with Gasteiger partial charge in [-0.2, -0.15) is 5.10 Å². The second kappa shape index (κ2) is 7.54. The summed E-state index contributed by atoms with van der Waals surface area (Å²) in [6.45, 7) is 1.88. The molecule has 1 aromatic carbocycles. The highest BCUT2D eigenvalue weighted by Crippen LogP contribution is 2.25. The van der Waals surface area contributed by atoms with Crippen molar-refractivity contribution in [3.63, 3.8) is 0 Å². The molecular formula is C15H14BrN3O2. The Kier molecular flexibility index (Phi) is 5.45. The van der Waals surface area contributed by atoms with Crippen LogP contribution in [0.5, 0.6) is 5.75 Å². The third-order valence-electron chi connectivity index (χ3n) is 2.56. The molecule has 21 heavy (non-hydrogen) atoms. The minimum atomic E-state index is -0.326. The summed E-state index contributed by atoms with van der Waals surface area (Å²) in [5.41, 5.74) is 4.37. The van der Waals surface area contributed by atoms with Crippen LogP contribution >= 0.6 is 15.9 Å². The van der Waals surface area contributed by atoms with Crippen molar-refractivity contribution in [3.8, 4) is 5.75 Å². The fraction of sp³-hybridized carbons (Fsp3) is 0.133. The van der Waals surface area contributed by atoms with Gasteiger partial charge in [0.15, 0.2) is 6.61 Å². The van der Waals surface area contributed by atoms with Gasteiger partial charge in [-0.05, 0) is 58.2 Å². The molecule has 1 amide bonds. The molecule has 5 nitrogen and oxygen atoms in total. The number of nitrogens with zero attached hydrogens (tertiary/aromatic N) is 2. The lowest BCUT2D eigenvalue weighted by atomic mass is 10.2. The normalized spacial score (nSPS) is 10.6. The van der Waals surface area contributed by atoms with Gasteiger partial charge in [0.1, 0.15) is 5.75 Å². The van der Waals surface area contributed by atoms with Crippen LogP contribution in [0, 0.1) is 6.92 Å². The molecule has 0 spiro atoms. The van der Waals surface area contributed by atoms with Gasteiger partial charge in [-0.15, -0.1) is 0 Å². The molecule has 1 N–H and O–H groups in total. The van der Waals surface area contributed by atoms with Gasteiger partial charge in [0.25, 0.3) is 5.91 Å². The predicted molar refractivity (Wildman–Crippen MR) is 84.3 cm³/mol. The van der Waals surface area contributed by atoms with Crippen molar-refractivity contribution in [3.05, 3.63) is 58.3 Å². The molecule has 0 aliphatic heterocycles. The van der Waals surface area contributed by atoms with E-state index >= 15 is 0 Å². The van der Waals surface area contributed by atoms with Crippen molar-refractivity contribution in [1.82, 2.24) is 10.4 Å². The van der Waals surface area contributed by atoms with Crippen LogP contribution in [0.3, 0.4) is 0 Å². The van der Waals surface area contributed by atoms with Gasteiger partial charge in [-0.3, -0.25) is 9.78 Å². The van der Waals surface area contributed by atoms with E-state index in [0.29, 0.717) is 5.75 Å². The number of hydrogen-bond acceptors (Lipinski definition) is 4. The van der Waals surface area contributed by atoms with E-state index in [1.807, 2.05) is 25.1 Å². The summed E-state index contributed by atoms with van der Waals surface area (Å²) in [5.74, 6) is 0.293. The van der Waals surface area contributed by atoms with Gasteiger partial charge in [0, 0.05) is 12.4 Å². The van der Waals surface area contributed by atoms with Crippen molar-refractivity contribution < 1.29 is 9.53 Å². The third kappa shape index (κ3) is 5.00. The number of carbonyl (C=O) groups is 1. The first-order valence-electron chi connectivity index (χ1n) is 6.26. The fourth-order valence-electron chi connectivity index (χ4n) is 1.53. The molecule has 6 heteroatoms. The van der Waals surface area contributed by atoms with E-state index in [1.165, 1.54) is 0 Å². The third-order valence-corrected chi connectivity index (χ3v) is 3.17. The van der Waals surface area contributed by atoms with Crippen molar-refractivity contribution >= 4 is 28.1 Å². The summed E-state index contributed by atoms with van der Waals surface area (Å²) < 4.78 is 6.23. The molecule has 0 saturated carbocycles. The quantitative estimate of drug-likeness (QED) is 0.668. The van der Waals surface area contributed by atoms with E-state index in [4.69, 9.17) is 4.74 Å². The maximum absolute atomic E-state index is 11.6. The first kappa shape index (κ1) is 15.2. The van der Waals surface area contributed by atoms with Crippen LogP contribution in [-0.2, 0) is 4.79 Å². The Labute approximate surface area is 131 Å². The van der Waals surface area contributed by atoms with Gasteiger partial charge in [-0.25, -0.2) is 5.43 Å². The zero-order valence-corrected chi connectivity index (χ0v) is 13.0. The zero-order valence-electron chi connectivity index (χ0n) is 11.4. The van der Waals surface area contributed by atoms with E-state index < -0.39 is 0 Å². The van der Waals surface area contributed by atoms with Gasteiger partial charge < -0.3 is 4.74 Å². The van der Waals surface area contributed by atoms with Gasteiger partial charge >= 0.3 is 0 Å². The second-order valence-corrected chi connectivity index (χ2v) is 5.15. The van der Waals surface area contributed by atoms with Crippen molar-refractivity contribution in [2.45, 2.75) is 6.92 Å². The smallest absolute Gasteiger partial charge is 0.277 e. The van der Waals surface area contributed by atoms with E-state index in [0.717, 1.165) is 15.6 Å². The van der Waals surface area contributed by atoms with Gasteiger partial charge in [0.05, 0.1) is 10.7 Å². The lowest BCUT2D eigenvalue weighted by Gasteiger charge is -2.07. The second-order valence-electron chi connectivity index (χ2n) is 4.30. The molecule has 2 rings (SSSR count). The first-order chi connectivity index (χ1) is 10.1. The molecule has 1 aromatic heterocycles. The standard InChI is InChI=1S/C15H14BrN3O2/c1-11-2-3-14(13(16)8-11)21-10-15(20)19-18-9-12-4-6-17-7-5-12/h2-9H,10H2,1H3,(H,19,20). The molecule has 2 aromatic rings. The van der Waals surface area contributed by atoms with Crippen LogP contribution < -0.4 is 10.2 Å². The van der Waals surface area contributed by atoms with Gasteiger partial charge in [-0.1, -0.05) is 6.07 Å². The summed E-state index contributed by atoms with van der Waals surface area (Å²) >= 11 is 3.39. The van der Waals surface area contributed by atoms with E-state index in [-0.39, 0.29) is 12.5 Å². The number of hydrazone groups is 1. The number of amides is 1. The van der Waals surface area contributed by atoms with Crippen LogP contribution in [0.15, 0.2) is 52.3 Å². The zero-order chi connectivity index (χ0) is 15.1. The average Bonchev–Trinajstić information content (AvgIpc) is 2.47. The summed E-state index contributed by atoms with van der Waals surface area (Å²) in [5, 5.41) is 3.85. The maximum Gasteiger partial charge on any atom is 0.277 e. The Morgan fingerprint density at radius 1 is 1.38 bits per heavy atom. The van der Waals surface area contributed by atoms with E-state index in [9.17, 15) is 4.79 Å². The Balaban J connectivity index is 1.81. The summed E-state index contributed by atoms with van der Waals surface area (Å²) in [4.78, 5) is 15.5. The Morgan fingerprint density at radius 3 is 2.86 bits per heavy atom. The molecular weight excluding hydrogens is 334 g/mol. The molecule has 0 aliphatic rings. The molecule has 0 atom stereocenters. The molecule has 108 valence electrons. The first-order valence-corrected chi connectivity index (χ1v) is 7.05. The van der Waals surface area contributed by atoms with E-state index in [2.05, 4.69) is 31.4 Å². The van der Waals surface area contributed by atoms with Crippen LogP contribution in [0.1, 0.15) is 11.1 Å². The minimum Gasteiger partial charge on any atom is -0.483 e. The summed E-state index contributed by atoms with van der Waals surface area (Å²) in [6.07, 6.45) is 4.85. The largest absolute Gasteiger partial charge is 0.483 e. The van der Waals surface area contributed by atoms with Crippen molar-refractivity contribution in [2.24, 2.45) is 5.10 Å². The van der Waals surface area contributed by atoms with Crippen molar-refractivity contribution in [2.75, 3.05) is 6.61 Å². The van der Waals surface area contributed by atoms with Crippen LogP contribution in [0.25, 0.3) is 0 Å². The number of aryl methyl sites for hydroxylation is 1. The topological polar surface area (TPSA) is 63.6 Å². The number of hydrogen-bond donors (Lipinski definition) is 1. The number of ether oxygens (including phenoxy) is 1. The summed E-state index contributed by atoms with van der Waals surface area (Å²) in [6, 6.07) is 9.23. The highest BCUT2D eigenvalue weighted by Gasteiger charge is 2.04. The average molecular weight is 348 g/mol. The molecule has 0 bridgehead atoms. The van der Waals surface area contributed by atoms with Crippen LogP contribution in [0.4, 0.5) is 0 Å². The predicted octanol–water partition coefficient (Wildman–Crippen LogP) is 2.68. The van der Waals surface area contributed by atoms with Crippen molar-refractivity contribution in [1.29, 1.82) is 0 Å². The van der Waals surface area contributed by atoms with E-state index in [1.54, 1.807) is 30.7 Å². The Morgan fingerprint density at radius 2 is 2.14 bits per heavy atom. The molecule has 0 saturated heterocycles. The van der Waals surface area contributed by atoms with Crippen LogP contribution in [-0.4, -0.2) is 23.7 Å². The highest BCUT2D eigenvalue weighted by molar-refractivity contribution is 9.10. The summed E-state index contributed by atoms with van der Waals surface area (Å²) in [7, 11) is 0. The number of benzene rings is 1. The lowest BCUT2D eigenvalue weighted by Crippen LogP contribution is -2.24. The lowest BCUT2D eigenvalue weighted by molar-refractivity contribution is -0.123. The number of carbonyl (C=O) groups excluding carboxylic acids is 1. The number of rotatable bonds is 5. The number of nitrogens with one attached hydrogen (secondary N) is 1. The monoisotopic (exact) mass is 347 g/mol. The molecule has 1 heterocycles. The fourth-order valence-corrected chi connectivity index (χ4v) is 2.13. The molecule has 0 radical (unpaired) electrons. The maximum atomic E-state index is 11.6. The number of halogens is 1. The Hall–Kier alpha value is -2.21. The number of aromatic nitrogens is 1. The molecule has 0 unspecified atom stereocenters. The van der Waals surface area contributed by atoms with Gasteiger partial charge in [0.2, 0.25) is 0 Å². The molecule has 0 fully saturated rings. The Bertz CT molecular complexity index is 645. The number of pyridine rings is 1. The molecule has 0 aliphatic carbocycles. The van der Waals surface area contributed by atoms with Crippen LogP contribution in [0.2, 0.25) is 0 Å². The minimum absolute atomic E-state index is 0.102.